The number of carbonyl (C=O) groups excluding carboxylic acids is 1. The van der Waals surface area contributed by atoms with Gasteiger partial charge in [0.15, 0.2) is 6.61 Å². The van der Waals surface area contributed by atoms with Gasteiger partial charge in [0.2, 0.25) is 0 Å². The Balaban J connectivity index is 1.21. The average Bonchev–Trinajstić information content (AvgIpc) is 2.88. The van der Waals surface area contributed by atoms with Crippen LogP contribution in [-0.2, 0) is 14.8 Å². The summed E-state index contributed by atoms with van der Waals surface area (Å²) in [6.07, 6.45) is 2.44. The van der Waals surface area contributed by atoms with Crippen LogP contribution in [0.15, 0.2) is 83.9 Å². The molecule has 37 heavy (non-hydrogen) atoms. The van der Waals surface area contributed by atoms with E-state index in [1.807, 2.05) is 30.3 Å². The molecule has 4 rings (SSSR count). The maximum Gasteiger partial charge on any atom is 0.261 e. The van der Waals surface area contributed by atoms with E-state index in [1.54, 1.807) is 43.5 Å². The number of nitrogens with one attached hydrogen (secondary N) is 3. The summed E-state index contributed by atoms with van der Waals surface area (Å²) >= 11 is 6.03. The van der Waals surface area contributed by atoms with E-state index in [2.05, 4.69) is 20.3 Å². The number of fused-ring (bicyclic) bond motifs is 1. The summed E-state index contributed by atoms with van der Waals surface area (Å²) < 4.78 is 33.4. The van der Waals surface area contributed by atoms with E-state index in [-0.39, 0.29) is 17.4 Å². The number of halogens is 1. The van der Waals surface area contributed by atoms with Crippen LogP contribution < -0.4 is 20.1 Å². The Hall–Kier alpha value is -3.82. The lowest BCUT2D eigenvalue weighted by Crippen LogP contribution is -2.30. The Kier molecular flexibility index (Phi) is 8.47. The number of anilines is 2. The van der Waals surface area contributed by atoms with Crippen molar-refractivity contribution < 1.29 is 17.9 Å². The number of hydrogen-bond donors (Lipinski definition) is 3. The summed E-state index contributed by atoms with van der Waals surface area (Å²) in [6, 6.07) is 20.7. The van der Waals surface area contributed by atoms with Crippen LogP contribution in [0.4, 0.5) is 11.4 Å². The molecule has 0 aliphatic heterocycles. The standard InChI is InChI=1S/C27H27ClN4O4S/c1-19-16-22(37(34,35)32-21-6-3-2-4-7-21)9-11-26(19)36-18-27(33)31-14-5-13-29-24-12-15-30-25-17-20(28)8-10-23(24)25/h2-4,6-12,15-17,32H,5,13-14,18H2,1H3,(H,29,30)(H,31,33). The highest BCUT2D eigenvalue weighted by atomic mass is 35.5. The molecular formula is C27H27ClN4O4S. The van der Waals surface area contributed by atoms with Crippen molar-refractivity contribution in [3.05, 3.63) is 89.6 Å². The van der Waals surface area contributed by atoms with Gasteiger partial charge in [0.1, 0.15) is 5.75 Å². The first-order valence-electron chi connectivity index (χ1n) is 11.7. The molecule has 0 aliphatic rings. The Morgan fingerprint density at radius 1 is 1.00 bits per heavy atom. The maximum absolute atomic E-state index is 12.6. The molecule has 0 radical (unpaired) electrons. The second-order valence-electron chi connectivity index (χ2n) is 8.34. The van der Waals surface area contributed by atoms with Gasteiger partial charge >= 0.3 is 0 Å². The van der Waals surface area contributed by atoms with Crippen molar-refractivity contribution in [2.45, 2.75) is 18.2 Å². The minimum Gasteiger partial charge on any atom is -0.484 e. The molecule has 3 aromatic carbocycles. The van der Waals surface area contributed by atoms with Crippen LogP contribution in [0.5, 0.6) is 5.75 Å². The Bertz CT molecular complexity index is 1500. The summed E-state index contributed by atoms with van der Waals surface area (Å²) in [5, 5.41) is 7.80. The second kappa shape index (κ2) is 11.9. The summed E-state index contributed by atoms with van der Waals surface area (Å²) in [6.45, 7) is 2.70. The number of para-hydroxylation sites is 1. The zero-order valence-electron chi connectivity index (χ0n) is 20.2. The molecule has 3 N–H and O–H groups in total. The normalized spacial score (nSPS) is 11.2. The van der Waals surface area contributed by atoms with Gasteiger partial charge in [-0.1, -0.05) is 29.8 Å². The molecule has 1 heterocycles. The highest BCUT2D eigenvalue weighted by molar-refractivity contribution is 7.92. The van der Waals surface area contributed by atoms with Crippen LogP contribution in [0, 0.1) is 6.92 Å². The molecule has 4 aromatic rings. The van der Waals surface area contributed by atoms with Crippen LogP contribution in [0.2, 0.25) is 5.02 Å². The lowest BCUT2D eigenvalue weighted by Gasteiger charge is -2.13. The number of sulfonamides is 1. The summed E-state index contributed by atoms with van der Waals surface area (Å²) in [7, 11) is -3.74. The van der Waals surface area contributed by atoms with E-state index in [0.717, 1.165) is 16.6 Å². The fraction of sp³-hybridized carbons (Fsp3) is 0.185. The van der Waals surface area contributed by atoms with Gasteiger partial charge in [0, 0.05) is 41.1 Å². The summed E-state index contributed by atoms with van der Waals surface area (Å²) in [5.74, 6) is 0.186. The SMILES string of the molecule is Cc1cc(S(=O)(=O)Nc2ccccc2)ccc1OCC(=O)NCCCNc1ccnc2cc(Cl)ccc12. The first kappa shape index (κ1) is 26.2. The third-order valence-corrected chi connectivity index (χ3v) is 7.15. The third-order valence-electron chi connectivity index (χ3n) is 5.54. The number of ether oxygens (including phenoxy) is 1. The van der Waals surface area contributed by atoms with E-state index < -0.39 is 10.0 Å². The second-order valence-corrected chi connectivity index (χ2v) is 10.5. The van der Waals surface area contributed by atoms with Crippen molar-refractivity contribution >= 4 is 49.8 Å². The number of rotatable bonds is 11. The number of benzene rings is 3. The number of nitrogens with zero attached hydrogens (tertiary/aromatic N) is 1. The minimum absolute atomic E-state index is 0.114. The van der Waals surface area contributed by atoms with Crippen LogP contribution in [0.3, 0.4) is 0 Å². The predicted octanol–water partition coefficient (Wildman–Crippen LogP) is 4.99. The van der Waals surface area contributed by atoms with Gasteiger partial charge in [-0.05, 0) is 73.5 Å². The molecule has 8 nitrogen and oxygen atoms in total. The summed E-state index contributed by atoms with van der Waals surface area (Å²) in [5.41, 5.74) is 2.86. The Morgan fingerprint density at radius 3 is 2.59 bits per heavy atom. The van der Waals surface area contributed by atoms with E-state index >= 15 is 0 Å². The molecule has 0 saturated carbocycles. The molecule has 10 heteroatoms. The molecular weight excluding hydrogens is 512 g/mol. The minimum atomic E-state index is -3.74. The van der Waals surface area contributed by atoms with Crippen LogP contribution >= 0.6 is 11.6 Å². The number of amides is 1. The largest absolute Gasteiger partial charge is 0.484 e. The zero-order chi connectivity index (χ0) is 26.3. The van der Waals surface area contributed by atoms with E-state index in [1.165, 1.54) is 12.1 Å². The number of aryl methyl sites for hydroxylation is 1. The smallest absolute Gasteiger partial charge is 0.261 e. The van der Waals surface area contributed by atoms with Crippen molar-refractivity contribution in [3.63, 3.8) is 0 Å². The van der Waals surface area contributed by atoms with Crippen molar-refractivity contribution in [2.24, 2.45) is 0 Å². The lowest BCUT2D eigenvalue weighted by molar-refractivity contribution is -0.123. The predicted molar refractivity (Wildman–Crippen MR) is 147 cm³/mol. The quantitative estimate of drug-likeness (QED) is 0.232. The summed E-state index contributed by atoms with van der Waals surface area (Å²) in [4.78, 5) is 16.7. The van der Waals surface area contributed by atoms with E-state index in [4.69, 9.17) is 16.3 Å². The first-order chi connectivity index (χ1) is 17.8. The van der Waals surface area contributed by atoms with Gasteiger partial charge in [0.25, 0.3) is 15.9 Å². The lowest BCUT2D eigenvalue weighted by atomic mass is 10.2. The van der Waals surface area contributed by atoms with E-state index in [9.17, 15) is 13.2 Å². The van der Waals surface area contributed by atoms with Gasteiger partial charge in [-0.3, -0.25) is 14.5 Å². The highest BCUT2D eigenvalue weighted by Gasteiger charge is 2.16. The average molecular weight is 539 g/mol. The van der Waals surface area contributed by atoms with Gasteiger partial charge < -0.3 is 15.4 Å². The fourth-order valence-corrected chi connectivity index (χ4v) is 4.99. The van der Waals surface area contributed by atoms with E-state index in [0.29, 0.717) is 41.5 Å². The highest BCUT2D eigenvalue weighted by Crippen LogP contribution is 2.25. The number of carbonyl (C=O) groups is 1. The molecule has 0 atom stereocenters. The van der Waals surface area contributed by atoms with Gasteiger partial charge in [-0.2, -0.15) is 0 Å². The van der Waals surface area contributed by atoms with Gasteiger partial charge in [0.05, 0.1) is 10.4 Å². The van der Waals surface area contributed by atoms with Crippen molar-refractivity contribution in [3.8, 4) is 5.75 Å². The molecule has 1 aromatic heterocycles. The Morgan fingerprint density at radius 2 is 1.81 bits per heavy atom. The van der Waals surface area contributed by atoms with Crippen LogP contribution in [0.25, 0.3) is 10.9 Å². The molecule has 192 valence electrons. The van der Waals surface area contributed by atoms with Crippen LogP contribution in [0.1, 0.15) is 12.0 Å². The molecule has 0 aliphatic carbocycles. The molecule has 0 unspecified atom stereocenters. The maximum atomic E-state index is 12.6. The molecule has 0 bridgehead atoms. The van der Waals surface area contributed by atoms with Crippen LogP contribution in [-0.4, -0.2) is 39.0 Å². The topological polar surface area (TPSA) is 109 Å². The Labute approximate surface area is 221 Å². The fourth-order valence-electron chi connectivity index (χ4n) is 3.68. The number of pyridine rings is 1. The van der Waals surface area contributed by atoms with Gasteiger partial charge in [-0.15, -0.1) is 0 Å². The van der Waals surface area contributed by atoms with Crippen molar-refractivity contribution in [2.75, 3.05) is 29.7 Å². The van der Waals surface area contributed by atoms with Crippen molar-refractivity contribution in [1.29, 1.82) is 0 Å². The zero-order valence-corrected chi connectivity index (χ0v) is 21.8. The third kappa shape index (κ3) is 7.12. The number of hydrogen-bond acceptors (Lipinski definition) is 6. The molecule has 0 spiro atoms. The molecule has 0 saturated heterocycles. The molecule has 0 fully saturated rings. The van der Waals surface area contributed by atoms with Gasteiger partial charge in [-0.25, -0.2) is 8.42 Å². The van der Waals surface area contributed by atoms with Crippen molar-refractivity contribution in [1.82, 2.24) is 10.3 Å². The number of aromatic nitrogens is 1. The molecule has 1 amide bonds. The first-order valence-corrected chi connectivity index (χ1v) is 13.5. The monoisotopic (exact) mass is 538 g/mol.